The summed E-state index contributed by atoms with van der Waals surface area (Å²) in [6.45, 7) is 20.9. The molecule has 0 aliphatic rings. The summed E-state index contributed by atoms with van der Waals surface area (Å²) >= 11 is 0. The molecule has 3 unspecified atom stereocenters. The van der Waals surface area contributed by atoms with E-state index >= 15 is 0 Å². The van der Waals surface area contributed by atoms with E-state index in [1.54, 1.807) is 0 Å². The number of nitrogens with two attached hydrogens (primary N) is 4. The molecule has 6 heteroatoms. The molecule has 0 spiro atoms. The van der Waals surface area contributed by atoms with Gasteiger partial charge in [0.1, 0.15) is 5.75 Å². The average molecular weight is 690 g/mol. The molecule has 8 N–H and O–H groups in total. The van der Waals surface area contributed by atoms with Crippen LogP contribution in [0.1, 0.15) is 130 Å². The Morgan fingerprint density at radius 2 is 1.06 bits per heavy atom. The Balaban J connectivity index is 0.000000431. The van der Waals surface area contributed by atoms with Crippen molar-refractivity contribution >= 4 is 28.4 Å². The predicted octanol–water partition coefficient (Wildman–Crippen LogP) is 11.8. The Morgan fingerprint density at radius 1 is 0.560 bits per heavy atom. The molecule has 0 amide bonds. The SMILES string of the molecule is CCCCC(CC)CN(CC(CC)CCCC)c1ccc(N)c(C)c1.CCCCC(CC)COc1cc(N)c(C)cc1N.Nc1ccccc1. The van der Waals surface area contributed by atoms with Crippen molar-refractivity contribution in [3.8, 4) is 5.75 Å². The molecule has 6 nitrogen and oxygen atoms in total. The van der Waals surface area contributed by atoms with Crippen molar-refractivity contribution in [3.63, 3.8) is 0 Å². The van der Waals surface area contributed by atoms with Gasteiger partial charge in [0.05, 0.1) is 12.3 Å². The van der Waals surface area contributed by atoms with Gasteiger partial charge in [0.25, 0.3) is 0 Å². The van der Waals surface area contributed by atoms with Crippen LogP contribution >= 0.6 is 0 Å². The Bertz CT molecular complexity index is 1260. The predicted molar refractivity (Wildman–Crippen MR) is 224 cm³/mol. The van der Waals surface area contributed by atoms with Gasteiger partial charge in [-0.05, 0) is 98.4 Å². The van der Waals surface area contributed by atoms with Gasteiger partial charge in [0, 0.05) is 41.9 Å². The van der Waals surface area contributed by atoms with E-state index in [1.807, 2.05) is 49.4 Å². The maximum absolute atomic E-state index is 6.06. The van der Waals surface area contributed by atoms with E-state index in [0.717, 1.165) is 47.5 Å². The number of hydrogen-bond acceptors (Lipinski definition) is 6. The van der Waals surface area contributed by atoms with Gasteiger partial charge in [0.15, 0.2) is 0 Å². The lowest BCUT2D eigenvalue weighted by Crippen LogP contribution is -2.34. The quantitative estimate of drug-likeness (QED) is 0.0877. The summed E-state index contributed by atoms with van der Waals surface area (Å²) in [7, 11) is 0. The molecule has 0 aliphatic heterocycles. The zero-order chi connectivity index (χ0) is 37.3. The third-order valence-corrected chi connectivity index (χ3v) is 9.88. The fourth-order valence-corrected chi connectivity index (χ4v) is 6.01. The van der Waals surface area contributed by atoms with Gasteiger partial charge in [-0.1, -0.05) is 118 Å². The van der Waals surface area contributed by atoms with Gasteiger partial charge in [-0.15, -0.1) is 0 Å². The third-order valence-electron chi connectivity index (χ3n) is 9.88. The summed E-state index contributed by atoms with van der Waals surface area (Å²) in [5.74, 6) is 2.91. The highest BCUT2D eigenvalue weighted by atomic mass is 16.5. The second-order valence-corrected chi connectivity index (χ2v) is 14.2. The lowest BCUT2D eigenvalue weighted by molar-refractivity contribution is 0.234. The highest BCUT2D eigenvalue weighted by molar-refractivity contribution is 5.63. The van der Waals surface area contributed by atoms with E-state index < -0.39 is 0 Å². The van der Waals surface area contributed by atoms with Crippen LogP contribution in [0, 0.1) is 31.6 Å². The molecule has 0 fully saturated rings. The minimum atomic E-state index is 0.604. The first-order valence-corrected chi connectivity index (χ1v) is 19.7. The molecule has 50 heavy (non-hydrogen) atoms. The van der Waals surface area contributed by atoms with Crippen LogP contribution in [0.2, 0.25) is 0 Å². The van der Waals surface area contributed by atoms with Gasteiger partial charge in [-0.25, -0.2) is 0 Å². The number of rotatable bonds is 20. The topological polar surface area (TPSA) is 117 Å². The number of nitrogen functional groups attached to an aromatic ring is 4. The number of hydrogen-bond donors (Lipinski definition) is 4. The Labute approximate surface area is 307 Å². The zero-order valence-electron chi connectivity index (χ0n) is 33.3. The molecule has 0 radical (unpaired) electrons. The first-order valence-electron chi connectivity index (χ1n) is 19.7. The van der Waals surface area contributed by atoms with Crippen LogP contribution in [-0.2, 0) is 0 Å². The molecular formula is C44H75N5O. The lowest BCUT2D eigenvalue weighted by atomic mass is 9.95. The van der Waals surface area contributed by atoms with Crippen LogP contribution in [0.25, 0.3) is 0 Å². The van der Waals surface area contributed by atoms with Gasteiger partial charge in [-0.2, -0.15) is 0 Å². The van der Waals surface area contributed by atoms with Crippen molar-refractivity contribution in [3.05, 3.63) is 71.8 Å². The smallest absolute Gasteiger partial charge is 0.144 e. The highest BCUT2D eigenvalue weighted by Crippen LogP contribution is 2.29. The van der Waals surface area contributed by atoms with Gasteiger partial charge in [0.2, 0.25) is 0 Å². The van der Waals surface area contributed by atoms with Crippen molar-refractivity contribution in [1.82, 2.24) is 0 Å². The van der Waals surface area contributed by atoms with E-state index in [2.05, 4.69) is 71.6 Å². The Morgan fingerprint density at radius 3 is 1.50 bits per heavy atom. The molecule has 3 atom stereocenters. The Hall–Kier alpha value is -3.54. The molecule has 282 valence electrons. The first-order chi connectivity index (χ1) is 24.0. The summed E-state index contributed by atoms with van der Waals surface area (Å²) < 4.78 is 5.82. The first kappa shape index (κ1) is 44.5. The number of anilines is 5. The van der Waals surface area contributed by atoms with Crippen LogP contribution in [0.3, 0.4) is 0 Å². The van der Waals surface area contributed by atoms with Gasteiger partial charge < -0.3 is 32.6 Å². The molecular weight excluding hydrogens is 615 g/mol. The summed E-state index contributed by atoms with van der Waals surface area (Å²) in [4.78, 5) is 2.65. The minimum Gasteiger partial charge on any atom is -0.491 e. The van der Waals surface area contributed by atoms with Crippen molar-refractivity contribution in [1.29, 1.82) is 0 Å². The monoisotopic (exact) mass is 690 g/mol. The fraction of sp³-hybridized carbons (Fsp3) is 0.591. The summed E-state index contributed by atoms with van der Waals surface area (Å²) in [5, 5.41) is 0. The van der Waals surface area contributed by atoms with E-state index in [9.17, 15) is 0 Å². The molecule has 0 bridgehead atoms. The van der Waals surface area contributed by atoms with Gasteiger partial charge >= 0.3 is 0 Å². The molecule has 3 aromatic carbocycles. The van der Waals surface area contributed by atoms with E-state index in [-0.39, 0.29) is 0 Å². The van der Waals surface area contributed by atoms with Crippen LogP contribution in [0.4, 0.5) is 28.4 Å². The number of para-hydroxylation sites is 1. The largest absolute Gasteiger partial charge is 0.491 e. The van der Waals surface area contributed by atoms with Crippen LogP contribution in [-0.4, -0.2) is 19.7 Å². The van der Waals surface area contributed by atoms with Crippen LogP contribution < -0.4 is 32.6 Å². The van der Waals surface area contributed by atoms with Crippen LogP contribution in [0.5, 0.6) is 5.75 Å². The van der Waals surface area contributed by atoms with Crippen LogP contribution in [0.15, 0.2) is 60.7 Å². The maximum atomic E-state index is 6.06. The van der Waals surface area contributed by atoms with E-state index in [4.69, 9.17) is 27.7 Å². The maximum Gasteiger partial charge on any atom is 0.144 e. The third kappa shape index (κ3) is 17.9. The van der Waals surface area contributed by atoms with E-state index in [1.165, 1.54) is 95.0 Å². The highest BCUT2D eigenvalue weighted by Gasteiger charge is 2.18. The normalized spacial score (nSPS) is 12.5. The standard InChI is InChI=1S/C23H42N2.C15H26N2O.C6H7N/c1-6-10-12-20(8-3)17-25(18-21(9-4)13-11-7-2)22-14-15-23(24)19(5)16-22;1-4-6-7-12(5-2)10-18-15-9-13(16)11(3)8-14(15)17;7-6-4-2-1-3-5-6/h14-16,20-21H,6-13,17-18,24H2,1-5H3;8-9,12H,4-7,10,16-17H2,1-3H3;1-5H,7H2. The summed E-state index contributed by atoms with van der Waals surface area (Å²) in [5.41, 5.74) is 29.9. The van der Waals surface area contributed by atoms with Crippen molar-refractivity contribution < 1.29 is 4.74 Å². The fourth-order valence-electron chi connectivity index (χ4n) is 6.01. The average Bonchev–Trinajstić information content (AvgIpc) is 3.11. The Kier molecular flexibility index (Phi) is 23.4. The summed E-state index contributed by atoms with van der Waals surface area (Å²) in [6.07, 6.45) is 15.4. The number of nitrogens with zero attached hydrogens (tertiary/aromatic N) is 1. The van der Waals surface area contributed by atoms with Crippen molar-refractivity contribution in [2.75, 3.05) is 47.5 Å². The molecule has 0 saturated carbocycles. The van der Waals surface area contributed by atoms with Crippen molar-refractivity contribution in [2.45, 2.75) is 132 Å². The lowest BCUT2D eigenvalue weighted by Gasteiger charge is -2.33. The second-order valence-electron chi connectivity index (χ2n) is 14.2. The number of ether oxygens (including phenoxy) is 1. The molecule has 0 aliphatic carbocycles. The zero-order valence-corrected chi connectivity index (χ0v) is 33.3. The van der Waals surface area contributed by atoms with Crippen molar-refractivity contribution in [2.24, 2.45) is 17.8 Å². The van der Waals surface area contributed by atoms with E-state index in [0.29, 0.717) is 17.4 Å². The number of aryl methyl sites for hydroxylation is 2. The molecule has 0 saturated heterocycles. The minimum absolute atomic E-state index is 0.604. The molecule has 0 heterocycles. The van der Waals surface area contributed by atoms with Gasteiger partial charge in [-0.3, -0.25) is 0 Å². The number of benzene rings is 3. The molecule has 3 aromatic rings. The summed E-state index contributed by atoms with van der Waals surface area (Å²) in [6, 6.07) is 19.8. The second kappa shape index (κ2) is 26.3. The molecule has 0 aromatic heterocycles. The molecule has 3 rings (SSSR count). The number of unbranched alkanes of at least 4 members (excludes halogenated alkanes) is 3.